The molecule has 1 fully saturated rings. The molecule has 2 N–H and O–H groups in total. The Kier molecular flexibility index (Phi) is 7.64. The number of hydrogen-bond acceptors (Lipinski definition) is 6. The number of aromatic amines is 1. The second-order valence-electron chi connectivity index (χ2n) is 9.90. The lowest BCUT2D eigenvalue weighted by Gasteiger charge is -2.41. The number of amides is 1. The molecular weight excluding hydrogens is 560 g/mol. The molecule has 1 aliphatic heterocycles. The van der Waals surface area contributed by atoms with E-state index in [4.69, 9.17) is 4.74 Å². The van der Waals surface area contributed by atoms with Crippen LogP contribution in [0, 0.1) is 0 Å². The average molecular weight is 586 g/mol. The Balaban J connectivity index is 1.40. The van der Waals surface area contributed by atoms with E-state index in [1.165, 1.54) is 35.6 Å². The van der Waals surface area contributed by atoms with Crippen LogP contribution >= 0.6 is 11.3 Å². The van der Waals surface area contributed by atoms with E-state index in [2.05, 4.69) is 25.9 Å². The maximum atomic E-state index is 14.9. The van der Waals surface area contributed by atoms with Crippen molar-refractivity contribution in [2.75, 3.05) is 6.61 Å². The van der Waals surface area contributed by atoms with Crippen molar-refractivity contribution in [2.24, 2.45) is 0 Å². The molecule has 2 aliphatic rings. The zero-order valence-electron chi connectivity index (χ0n) is 21.0. The molecule has 1 aliphatic carbocycles. The molecule has 3 aromatic rings. The standard InChI is InChI=1S/C26H25F6N5O2S/c27-25(28,29)12-2-1-3-13-39-17-8-6-16(7-9-17)24(26(30,31)32)14-18(20-11-10-19(40-20)15-4-5-15)21(23(38)33-24)22-34-36-37-35-22/h6-11,15H,1-5,12-14H2,(H,33,38)(H,34,35,36,37). The highest BCUT2D eigenvalue weighted by molar-refractivity contribution is 7.13. The van der Waals surface area contributed by atoms with Crippen molar-refractivity contribution in [3.05, 3.63) is 57.5 Å². The Labute approximate surface area is 229 Å². The van der Waals surface area contributed by atoms with Gasteiger partial charge in [-0.3, -0.25) is 4.79 Å². The van der Waals surface area contributed by atoms with Crippen molar-refractivity contribution >= 4 is 28.4 Å². The number of nitrogens with one attached hydrogen (secondary N) is 2. The van der Waals surface area contributed by atoms with Crippen LogP contribution in [0.1, 0.15) is 72.0 Å². The molecule has 1 atom stereocenters. The SMILES string of the molecule is O=C1NC(c2ccc(OCCCCCC(F)(F)F)cc2)(C(F)(F)F)CC(c2ccc(C3CC3)s2)=C1c1nn[nH]n1. The minimum absolute atomic E-state index is 0.0202. The molecule has 1 aromatic carbocycles. The lowest BCUT2D eigenvalue weighted by molar-refractivity contribution is -0.201. The van der Waals surface area contributed by atoms with Crippen molar-refractivity contribution in [3.8, 4) is 5.75 Å². The molecule has 40 heavy (non-hydrogen) atoms. The molecule has 0 radical (unpaired) electrons. The lowest BCUT2D eigenvalue weighted by Crippen LogP contribution is -2.58. The number of hydrogen-bond donors (Lipinski definition) is 2. The van der Waals surface area contributed by atoms with Crippen molar-refractivity contribution in [1.82, 2.24) is 25.9 Å². The zero-order chi connectivity index (χ0) is 28.5. The summed E-state index contributed by atoms with van der Waals surface area (Å²) in [4.78, 5) is 14.9. The van der Waals surface area contributed by atoms with Gasteiger partial charge in [0.1, 0.15) is 5.75 Å². The van der Waals surface area contributed by atoms with Crippen molar-refractivity contribution in [3.63, 3.8) is 0 Å². The number of nitrogens with zero attached hydrogens (tertiary/aromatic N) is 3. The van der Waals surface area contributed by atoms with Gasteiger partial charge >= 0.3 is 12.4 Å². The number of aromatic nitrogens is 4. The third-order valence-corrected chi connectivity index (χ3v) is 8.28. The summed E-state index contributed by atoms with van der Waals surface area (Å²) in [7, 11) is 0. The number of tetrazole rings is 1. The van der Waals surface area contributed by atoms with Crippen LogP contribution in [0.25, 0.3) is 11.1 Å². The summed E-state index contributed by atoms with van der Waals surface area (Å²) < 4.78 is 86.9. The van der Waals surface area contributed by atoms with Gasteiger partial charge in [0, 0.05) is 22.6 Å². The number of thiophene rings is 1. The second kappa shape index (κ2) is 10.9. The molecule has 1 amide bonds. The molecule has 0 saturated heterocycles. The van der Waals surface area contributed by atoms with Gasteiger partial charge in [-0.2, -0.15) is 31.6 Å². The van der Waals surface area contributed by atoms with Gasteiger partial charge in [0.2, 0.25) is 5.82 Å². The Morgan fingerprint density at radius 3 is 2.38 bits per heavy atom. The fourth-order valence-electron chi connectivity index (χ4n) is 4.75. The van der Waals surface area contributed by atoms with Crippen LogP contribution in [0.5, 0.6) is 5.75 Å². The van der Waals surface area contributed by atoms with E-state index in [-0.39, 0.29) is 41.3 Å². The number of H-pyrrole nitrogens is 1. The molecule has 7 nitrogen and oxygen atoms in total. The number of ether oxygens (including phenoxy) is 1. The van der Waals surface area contributed by atoms with Crippen LogP contribution in [0.4, 0.5) is 26.3 Å². The van der Waals surface area contributed by atoms with Gasteiger partial charge in [-0.05, 0) is 78.6 Å². The summed E-state index contributed by atoms with van der Waals surface area (Å²) in [5.74, 6) is -0.409. The Hall–Kier alpha value is -3.42. The minimum atomic E-state index is -4.87. The maximum absolute atomic E-state index is 14.9. The number of carbonyl (C=O) groups is 1. The monoisotopic (exact) mass is 585 g/mol. The zero-order valence-corrected chi connectivity index (χ0v) is 21.8. The van der Waals surface area contributed by atoms with E-state index in [0.29, 0.717) is 23.6 Å². The van der Waals surface area contributed by atoms with E-state index in [1.54, 1.807) is 6.07 Å². The molecule has 214 valence electrons. The van der Waals surface area contributed by atoms with Crippen molar-refractivity contribution < 1.29 is 35.9 Å². The number of carbonyl (C=O) groups excluding carboxylic acids is 1. The van der Waals surface area contributed by atoms with Gasteiger partial charge in [-0.15, -0.1) is 21.5 Å². The maximum Gasteiger partial charge on any atom is 0.416 e. The summed E-state index contributed by atoms with van der Waals surface area (Å²) in [5, 5.41) is 15.6. The molecule has 1 unspecified atom stereocenters. The molecule has 5 rings (SSSR count). The topological polar surface area (TPSA) is 92.8 Å². The molecule has 3 heterocycles. The number of rotatable bonds is 10. The van der Waals surface area contributed by atoms with Crippen LogP contribution < -0.4 is 10.1 Å². The van der Waals surface area contributed by atoms with Gasteiger partial charge in [-0.25, -0.2) is 0 Å². The van der Waals surface area contributed by atoms with Gasteiger partial charge in [0.25, 0.3) is 5.91 Å². The quantitative estimate of drug-likeness (QED) is 0.209. The predicted octanol–water partition coefficient (Wildman–Crippen LogP) is 6.53. The van der Waals surface area contributed by atoms with E-state index in [0.717, 1.165) is 17.7 Å². The largest absolute Gasteiger partial charge is 0.494 e. The fourth-order valence-corrected chi connectivity index (χ4v) is 5.97. The number of halogens is 6. The van der Waals surface area contributed by atoms with Crippen LogP contribution in [-0.4, -0.2) is 45.5 Å². The minimum Gasteiger partial charge on any atom is -0.494 e. The molecule has 0 bridgehead atoms. The van der Waals surface area contributed by atoms with E-state index >= 15 is 0 Å². The third-order valence-electron chi connectivity index (χ3n) is 6.97. The predicted molar refractivity (Wildman–Crippen MR) is 134 cm³/mol. The van der Waals surface area contributed by atoms with E-state index in [1.807, 2.05) is 6.07 Å². The first-order chi connectivity index (χ1) is 19.0. The highest BCUT2D eigenvalue weighted by Crippen LogP contribution is 2.52. The molecule has 2 aromatic heterocycles. The van der Waals surface area contributed by atoms with Crippen LogP contribution in [-0.2, 0) is 10.3 Å². The van der Waals surface area contributed by atoms with Crippen molar-refractivity contribution in [2.45, 2.75) is 68.8 Å². The summed E-state index contributed by atoms with van der Waals surface area (Å²) >= 11 is 1.36. The number of unbranched alkanes of at least 4 members (excludes halogenated alkanes) is 2. The first-order valence-corrected chi connectivity index (χ1v) is 13.5. The molecule has 0 spiro atoms. The lowest BCUT2D eigenvalue weighted by atomic mass is 9.78. The van der Waals surface area contributed by atoms with Gasteiger partial charge in [0.05, 0.1) is 12.2 Å². The summed E-state index contributed by atoms with van der Waals surface area (Å²) in [5.41, 5.74) is -2.80. The van der Waals surface area contributed by atoms with Crippen LogP contribution in [0.15, 0.2) is 36.4 Å². The normalized spacial score (nSPS) is 20.1. The number of alkyl halides is 6. The molecular formula is C26H25F6N5O2S. The third kappa shape index (κ3) is 6.01. The Bertz CT molecular complexity index is 1360. The van der Waals surface area contributed by atoms with Crippen LogP contribution in [0.3, 0.4) is 0 Å². The van der Waals surface area contributed by atoms with E-state index < -0.39 is 36.6 Å². The summed E-state index contributed by atoms with van der Waals surface area (Å²) in [6.45, 7) is 0.126. The smallest absolute Gasteiger partial charge is 0.416 e. The number of benzene rings is 1. The van der Waals surface area contributed by atoms with Gasteiger partial charge in [0.15, 0.2) is 5.54 Å². The first kappa shape index (κ1) is 28.1. The van der Waals surface area contributed by atoms with Crippen LogP contribution in [0.2, 0.25) is 0 Å². The summed E-state index contributed by atoms with van der Waals surface area (Å²) in [6.07, 6.45) is -7.83. The average Bonchev–Trinajstić information content (AvgIpc) is 3.37. The molecule has 14 heteroatoms. The Morgan fingerprint density at radius 1 is 1.00 bits per heavy atom. The summed E-state index contributed by atoms with van der Waals surface area (Å²) in [6, 6.07) is 8.83. The second-order valence-corrected chi connectivity index (χ2v) is 11.0. The Morgan fingerprint density at radius 2 is 1.75 bits per heavy atom. The highest BCUT2D eigenvalue weighted by atomic mass is 32.1. The van der Waals surface area contributed by atoms with E-state index in [9.17, 15) is 31.1 Å². The highest BCUT2D eigenvalue weighted by Gasteiger charge is 2.60. The van der Waals surface area contributed by atoms with Gasteiger partial charge in [-0.1, -0.05) is 12.1 Å². The van der Waals surface area contributed by atoms with Gasteiger partial charge < -0.3 is 10.1 Å². The first-order valence-electron chi connectivity index (χ1n) is 12.7. The van der Waals surface area contributed by atoms with Crippen molar-refractivity contribution in [1.29, 1.82) is 0 Å². The molecule has 1 saturated carbocycles. The fraction of sp³-hybridized carbons (Fsp3) is 0.462.